The van der Waals surface area contributed by atoms with Crippen molar-refractivity contribution >= 4 is 33.4 Å². The van der Waals surface area contributed by atoms with Gasteiger partial charge in [0, 0.05) is 25.7 Å². The van der Waals surface area contributed by atoms with Gasteiger partial charge in [-0.15, -0.1) is 11.3 Å². The number of hydrogen-bond acceptors (Lipinski definition) is 5. The molecule has 0 radical (unpaired) electrons. The fraction of sp³-hybridized carbons (Fsp3) is 0.619. The zero-order valence-corrected chi connectivity index (χ0v) is 18.5. The quantitative estimate of drug-likeness (QED) is 0.723. The number of amides is 2. The van der Waals surface area contributed by atoms with Crippen LogP contribution in [0.2, 0.25) is 0 Å². The summed E-state index contributed by atoms with van der Waals surface area (Å²) in [7, 11) is 0. The third kappa shape index (κ3) is 4.08. The molecule has 3 heterocycles. The Kier molecular flexibility index (Phi) is 6.72. The van der Waals surface area contributed by atoms with Gasteiger partial charge in [-0.05, 0) is 52.0 Å². The monoisotopic (exact) mass is 418 g/mol. The van der Waals surface area contributed by atoms with Gasteiger partial charge in [0.2, 0.25) is 5.91 Å². The van der Waals surface area contributed by atoms with Gasteiger partial charge in [0.1, 0.15) is 11.4 Å². The molecular formula is C21H30N4O3S. The first-order chi connectivity index (χ1) is 13.9. The Morgan fingerprint density at radius 1 is 1.24 bits per heavy atom. The number of nitrogens with zero attached hydrogens (tertiary/aromatic N) is 4. The minimum atomic E-state index is -0.256. The van der Waals surface area contributed by atoms with E-state index in [0.29, 0.717) is 33.7 Å². The van der Waals surface area contributed by atoms with Crippen LogP contribution < -0.4 is 5.56 Å². The fourth-order valence-electron chi connectivity index (χ4n) is 4.12. The number of carbonyl (C=O) groups is 2. The maximum atomic E-state index is 13.2. The molecule has 1 unspecified atom stereocenters. The number of aromatic nitrogens is 2. The van der Waals surface area contributed by atoms with Crippen LogP contribution in [-0.4, -0.2) is 56.8 Å². The second-order valence-electron chi connectivity index (χ2n) is 7.54. The van der Waals surface area contributed by atoms with E-state index in [2.05, 4.69) is 11.9 Å². The Morgan fingerprint density at radius 2 is 1.97 bits per heavy atom. The van der Waals surface area contributed by atoms with Crippen molar-refractivity contribution < 1.29 is 9.59 Å². The van der Waals surface area contributed by atoms with Crippen molar-refractivity contribution in [3.63, 3.8) is 0 Å². The van der Waals surface area contributed by atoms with Crippen molar-refractivity contribution in [3.05, 3.63) is 27.1 Å². The number of hydrogen-bond donors (Lipinski definition) is 0. The van der Waals surface area contributed by atoms with E-state index in [1.807, 2.05) is 25.7 Å². The number of piperidine rings is 1. The lowest BCUT2D eigenvalue weighted by Gasteiger charge is -2.35. The van der Waals surface area contributed by atoms with Crippen LogP contribution in [0.1, 0.15) is 61.7 Å². The predicted octanol–water partition coefficient (Wildman–Crippen LogP) is 3.04. The lowest BCUT2D eigenvalue weighted by molar-refractivity contribution is -0.131. The molecule has 1 aliphatic rings. The molecule has 0 N–H and O–H groups in total. The van der Waals surface area contributed by atoms with E-state index < -0.39 is 0 Å². The number of thiophene rings is 1. The summed E-state index contributed by atoms with van der Waals surface area (Å²) < 4.78 is 1.35. The molecule has 1 atom stereocenters. The van der Waals surface area contributed by atoms with E-state index in [9.17, 15) is 14.4 Å². The Hall–Kier alpha value is -2.22. The molecule has 0 aliphatic carbocycles. The first kappa shape index (κ1) is 21.5. The summed E-state index contributed by atoms with van der Waals surface area (Å²) in [6.07, 6.45) is 5.57. The third-order valence-electron chi connectivity index (χ3n) is 5.89. The molecule has 1 aliphatic heterocycles. The topological polar surface area (TPSA) is 75.5 Å². The minimum Gasteiger partial charge on any atom is -0.342 e. The van der Waals surface area contributed by atoms with Crippen LogP contribution in [0.3, 0.4) is 0 Å². The van der Waals surface area contributed by atoms with Crippen LogP contribution in [0, 0.1) is 6.92 Å². The van der Waals surface area contributed by atoms with Gasteiger partial charge in [0.05, 0.1) is 16.6 Å². The van der Waals surface area contributed by atoms with Crippen molar-refractivity contribution in [2.24, 2.45) is 0 Å². The standard InChI is InChI=1S/C21H30N4O3S/c1-5-15-10-8-9-11-25(15)21(28)18-14(4)17-19(29-18)22-13-24(20(17)27)12-16(26)23(6-2)7-3/h13,15H,5-12H2,1-4H3. The van der Waals surface area contributed by atoms with Crippen LogP contribution in [0.4, 0.5) is 0 Å². The normalized spacial score (nSPS) is 17.0. The average Bonchev–Trinajstić information content (AvgIpc) is 3.07. The molecule has 1 saturated heterocycles. The highest BCUT2D eigenvalue weighted by Gasteiger charge is 2.29. The highest BCUT2D eigenvalue weighted by molar-refractivity contribution is 7.20. The summed E-state index contributed by atoms with van der Waals surface area (Å²) in [5.41, 5.74) is 0.423. The zero-order chi connectivity index (χ0) is 21.1. The SMILES string of the molecule is CCC1CCCCN1C(=O)c1sc2ncn(CC(=O)N(CC)CC)c(=O)c2c1C. The molecule has 158 valence electrons. The van der Waals surface area contributed by atoms with Crippen LogP contribution in [0.5, 0.6) is 0 Å². The van der Waals surface area contributed by atoms with Crippen molar-refractivity contribution in [1.29, 1.82) is 0 Å². The number of fused-ring (bicyclic) bond motifs is 1. The summed E-state index contributed by atoms with van der Waals surface area (Å²) >= 11 is 1.28. The van der Waals surface area contributed by atoms with Crippen molar-refractivity contribution in [3.8, 4) is 0 Å². The van der Waals surface area contributed by atoms with Crippen LogP contribution in [-0.2, 0) is 11.3 Å². The molecule has 0 bridgehead atoms. The molecule has 2 aromatic heterocycles. The van der Waals surface area contributed by atoms with Crippen LogP contribution in [0.15, 0.2) is 11.1 Å². The van der Waals surface area contributed by atoms with E-state index in [-0.39, 0.29) is 30.0 Å². The van der Waals surface area contributed by atoms with E-state index in [1.165, 1.54) is 22.2 Å². The lowest BCUT2D eigenvalue weighted by Crippen LogP contribution is -2.43. The second-order valence-corrected chi connectivity index (χ2v) is 8.54. The summed E-state index contributed by atoms with van der Waals surface area (Å²) in [6, 6.07) is 0.261. The summed E-state index contributed by atoms with van der Waals surface area (Å²) in [6.45, 7) is 9.69. The Bertz CT molecular complexity index is 961. The number of carbonyl (C=O) groups excluding carboxylic acids is 2. The smallest absolute Gasteiger partial charge is 0.264 e. The number of likely N-dealkylation sites (N-methyl/N-ethyl adjacent to an activating group) is 1. The van der Waals surface area contributed by atoms with E-state index in [4.69, 9.17) is 0 Å². The Morgan fingerprint density at radius 3 is 2.62 bits per heavy atom. The third-order valence-corrected chi connectivity index (χ3v) is 7.08. The van der Waals surface area contributed by atoms with E-state index >= 15 is 0 Å². The van der Waals surface area contributed by atoms with Gasteiger partial charge < -0.3 is 9.80 Å². The molecular weight excluding hydrogens is 388 g/mol. The molecule has 0 aromatic carbocycles. The van der Waals surface area contributed by atoms with Crippen molar-refractivity contribution in [1.82, 2.24) is 19.4 Å². The van der Waals surface area contributed by atoms with E-state index in [1.54, 1.807) is 4.90 Å². The van der Waals surface area contributed by atoms with E-state index in [0.717, 1.165) is 32.2 Å². The van der Waals surface area contributed by atoms with Crippen LogP contribution in [0.25, 0.3) is 10.2 Å². The molecule has 7 nitrogen and oxygen atoms in total. The van der Waals surface area contributed by atoms with Gasteiger partial charge in [-0.3, -0.25) is 19.0 Å². The average molecular weight is 419 g/mol. The molecule has 8 heteroatoms. The van der Waals surface area contributed by atoms with Gasteiger partial charge in [-0.2, -0.15) is 0 Å². The summed E-state index contributed by atoms with van der Waals surface area (Å²) in [4.78, 5) is 47.9. The molecule has 2 aromatic rings. The van der Waals surface area contributed by atoms with Crippen molar-refractivity contribution in [2.45, 2.75) is 66.0 Å². The maximum Gasteiger partial charge on any atom is 0.264 e. The number of likely N-dealkylation sites (tertiary alicyclic amines) is 1. The summed E-state index contributed by atoms with van der Waals surface area (Å²) in [5, 5.41) is 0.457. The Labute approximate surface area is 175 Å². The Balaban J connectivity index is 1.95. The molecule has 0 saturated carbocycles. The first-order valence-electron chi connectivity index (χ1n) is 10.5. The van der Waals surface area contributed by atoms with Gasteiger partial charge in [0.15, 0.2) is 0 Å². The van der Waals surface area contributed by atoms with Gasteiger partial charge >= 0.3 is 0 Å². The van der Waals surface area contributed by atoms with Crippen LogP contribution >= 0.6 is 11.3 Å². The molecule has 1 fully saturated rings. The van der Waals surface area contributed by atoms with Gasteiger partial charge in [0.25, 0.3) is 11.5 Å². The van der Waals surface area contributed by atoms with Gasteiger partial charge in [-0.25, -0.2) is 4.98 Å². The van der Waals surface area contributed by atoms with Crippen molar-refractivity contribution in [2.75, 3.05) is 19.6 Å². The highest BCUT2D eigenvalue weighted by atomic mass is 32.1. The number of rotatable bonds is 6. The fourth-order valence-corrected chi connectivity index (χ4v) is 5.22. The molecule has 29 heavy (non-hydrogen) atoms. The highest BCUT2D eigenvalue weighted by Crippen LogP contribution is 2.30. The lowest BCUT2D eigenvalue weighted by atomic mass is 9.99. The maximum absolute atomic E-state index is 13.2. The minimum absolute atomic E-state index is 0.00205. The first-order valence-corrected chi connectivity index (χ1v) is 11.3. The molecule has 0 spiro atoms. The number of aryl methyl sites for hydroxylation is 1. The molecule has 2 amide bonds. The summed E-state index contributed by atoms with van der Waals surface area (Å²) in [5.74, 6) is -0.108. The second kappa shape index (κ2) is 9.07. The van der Waals surface area contributed by atoms with Gasteiger partial charge in [-0.1, -0.05) is 6.92 Å². The molecule has 3 rings (SSSR count). The zero-order valence-electron chi connectivity index (χ0n) is 17.7. The largest absolute Gasteiger partial charge is 0.342 e. The predicted molar refractivity (Wildman–Crippen MR) is 116 cm³/mol.